The van der Waals surface area contributed by atoms with E-state index in [0.29, 0.717) is 11.6 Å². The van der Waals surface area contributed by atoms with Crippen molar-refractivity contribution < 1.29 is 9.53 Å². The number of benzene rings is 1. The zero-order chi connectivity index (χ0) is 17.1. The van der Waals surface area contributed by atoms with Gasteiger partial charge in [-0.3, -0.25) is 4.79 Å². The monoisotopic (exact) mass is 409 g/mol. The summed E-state index contributed by atoms with van der Waals surface area (Å²) in [7, 11) is 0. The summed E-state index contributed by atoms with van der Waals surface area (Å²) in [5.74, 6) is 0.259. The molecule has 2 aromatic rings. The van der Waals surface area contributed by atoms with Gasteiger partial charge in [0.05, 0.1) is 16.2 Å². The predicted octanol–water partition coefficient (Wildman–Crippen LogP) is 3.64. The fraction of sp³-hybridized carbons (Fsp3) is 0.294. The Labute approximate surface area is 153 Å². The molecule has 1 fully saturated rings. The van der Waals surface area contributed by atoms with Gasteiger partial charge in [-0.25, -0.2) is 4.98 Å². The molecule has 2 N–H and O–H groups in total. The van der Waals surface area contributed by atoms with E-state index in [4.69, 9.17) is 22.1 Å². The smallest absolute Gasteiger partial charge is 0.267 e. The lowest BCUT2D eigenvalue weighted by molar-refractivity contribution is 0.0995. The predicted molar refractivity (Wildman–Crippen MR) is 97.8 cm³/mol. The number of carbonyl (C=O) groups is 1. The largest absolute Gasteiger partial charge is 0.491 e. The van der Waals surface area contributed by atoms with Crippen molar-refractivity contribution in [1.82, 2.24) is 4.98 Å². The lowest BCUT2D eigenvalue weighted by Crippen LogP contribution is -2.34. The summed E-state index contributed by atoms with van der Waals surface area (Å²) >= 11 is 9.40. The maximum absolute atomic E-state index is 11.4. The Hall–Kier alpha value is -1.79. The number of rotatable bonds is 5. The fourth-order valence-corrected chi connectivity index (χ4v) is 3.40. The molecule has 0 radical (unpaired) electrons. The first-order chi connectivity index (χ1) is 11.5. The molecule has 0 spiro atoms. The van der Waals surface area contributed by atoms with E-state index in [9.17, 15) is 4.79 Å². The van der Waals surface area contributed by atoms with E-state index in [-0.39, 0.29) is 11.7 Å². The van der Waals surface area contributed by atoms with Crippen LogP contribution in [0.2, 0.25) is 5.02 Å². The fourth-order valence-electron chi connectivity index (χ4n) is 2.83. The SMILES string of the molecule is NC(=O)c1cc(N2CCCC2COc2ccc(Cl)cc2)c(Br)cn1. The van der Waals surface area contributed by atoms with Crippen LogP contribution in [0.4, 0.5) is 5.69 Å². The van der Waals surface area contributed by atoms with Gasteiger partial charge in [0.2, 0.25) is 0 Å². The van der Waals surface area contributed by atoms with Gasteiger partial charge in [-0.2, -0.15) is 0 Å². The molecule has 24 heavy (non-hydrogen) atoms. The summed E-state index contributed by atoms with van der Waals surface area (Å²) in [6.45, 7) is 1.46. The van der Waals surface area contributed by atoms with Crippen LogP contribution in [0.3, 0.4) is 0 Å². The second kappa shape index (κ2) is 7.40. The first-order valence-electron chi connectivity index (χ1n) is 7.65. The first-order valence-corrected chi connectivity index (χ1v) is 8.82. The summed E-state index contributed by atoms with van der Waals surface area (Å²) in [6, 6.07) is 9.28. The molecule has 0 bridgehead atoms. The van der Waals surface area contributed by atoms with Gasteiger partial charge in [0.15, 0.2) is 0 Å². The van der Waals surface area contributed by atoms with E-state index < -0.39 is 5.91 Å². The third-order valence-corrected chi connectivity index (χ3v) is 4.89. The Morgan fingerprint density at radius 2 is 2.17 bits per heavy atom. The molecular weight excluding hydrogens is 394 g/mol. The molecule has 1 amide bonds. The van der Waals surface area contributed by atoms with Gasteiger partial charge in [0.1, 0.15) is 18.1 Å². The van der Waals surface area contributed by atoms with Crippen LogP contribution >= 0.6 is 27.5 Å². The number of carbonyl (C=O) groups excluding carboxylic acids is 1. The highest BCUT2D eigenvalue weighted by atomic mass is 79.9. The van der Waals surface area contributed by atoms with Gasteiger partial charge in [-0.15, -0.1) is 0 Å². The average Bonchev–Trinajstić information content (AvgIpc) is 3.03. The third kappa shape index (κ3) is 3.82. The number of hydrogen-bond acceptors (Lipinski definition) is 4. The maximum atomic E-state index is 11.4. The van der Waals surface area contributed by atoms with Crippen molar-refractivity contribution in [3.63, 3.8) is 0 Å². The highest BCUT2D eigenvalue weighted by molar-refractivity contribution is 9.10. The third-order valence-electron chi connectivity index (χ3n) is 4.03. The van der Waals surface area contributed by atoms with E-state index >= 15 is 0 Å². The van der Waals surface area contributed by atoms with Gasteiger partial charge < -0.3 is 15.4 Å². The number of anilines is 1. The Kier molecular flexibility index (Phi) is 5.26. The average molecular weight is 411 g/mol. The number of nitrogens with two attached hydrogens (primary N) is 1. The number of halogens is 2. The van der Waals surface area contributed by atoms with Crippen LogP contribution in [0.15, 0.2) is 41.0 Å². The molecule has 0 aliphatic carbocycles. The van der Waals surface area contributed by atoms with Gasteiger partial charge in [0, 0.05) is 17.8 Å². The Balaban J connectivity index is 1.74. The standard InChI is InChI=1S/C17H17BrClN3O2/c18-14-9-21-15(17(20)23)8-16(14)22-7-1-2-12(22)10-24-13-5-3-11(19)4-6-13/h3-6,8-9,12H,1-2,7,10H2,(H2,20,23). The zero-order valence-corrected chi connectivity index (χ0v) is 15.3. The highest BCUT2D eigenvalue weighted by Crippen LogP contribution is 2.32. The van der Waals surface area contributed by atoms with Crippen LogP contribution in [0.5, 0.6) is 5.75 Å². The molecule has 5 nitrogen and oxygen atoms in total. The normalized spacial score (nSPS) is 17.1. The number of hydrogen-bond donors (Lipinski definition) is 1. The molecule has 1 aliphatic rings. The molecule has 3 rings (SSSR count). The molecule has 1 unspecified atom stereocenters. The number of aromatic nitrogens is 1. The number of pyridine rings is 1. The van der Waals surface area contributed by atoms with Crippen LogP contribution in [-0.2, 0) is 0 Å². The van der Waals surface area contributed by atoms with Gasteiger partial charge in [-0.05, 0) is 59.1 Å². The van der Waals surface area contributed by atoms with E-state index in [1.165, 1.54) is 0 Å². The van der Waals surface area contributed by atoms with Crippen LogP contribution in [-0.4, -0.2) is 30.1 Å². The minimum Gasteiger partial charge on any atom is -0.491 e. The maximum Gasteiger partial charge on any atom is 0.267 e. The van der Waals surface area contributed by atoms with Crippen molar-refractivity contribution in [3.8, 4) is 5.75 Å². The summed E-state index contributed by atoms with van der Waals surface area (Å²) in [6.07, 6.45) is 3.70. The van der Waals surface area contributed by atoms with Crippen molar-refractivity contribution in [1.29, 1.82) is 0 Å². The second-order valence-electron chi connectivity index (χ2n) is 5.64. The zero-order valence-electron chi connectivity index (χ0n) is 12.9. The summed E-state index contributed by atoms with van der Waals surface area (Å²) in [5.41, 5.74) is 6.52. The Bertz CT molecular complexity index is 739. The summed E-state index contributed by atoms with van der Waals surface area (Å²) in [5, 5.41) is 0.685. The van der Waals surface area contributed by atoms with E-state index in [0.717, 1.165) is 35.3 Å². The van der Waals surface area contributed by atoms with Crippen LogP contribution in [0, 0.1) is 0 Å². The lowest BCUT2D eigenvalue weighted by Gasteiger charge is -2.28. The molecule has 0 saturated carbocycles. The molecule has 1 saturated heterocycles. The summed E-state index contributed by atoms with van der Waals surface area (Å²) < 4.78 is 6.73. The number of nitrogens with zero attached hydrogens (tertiary/aromatic N) is 2. The van der Waals surface area contributed by atoms with E-state index in [1.54, 1.807) is 12.3 Å². The minimum absolute atomic E-state index is 0.222. The molecule has 1 aliphatic heterocycles. The van der Waals surface area contributed by atoms with Crippen molar-refractivity contribution in [2.75, 3.05) is 18.1 Å². The highest BCUT2D eigenvalue weighted by Gasteiger charge is 2.27. The van der Waals surface area contributed by atoms with Gasteiger partial charge in [0.25, 0.3) is 5.91 Å². The molecular formula is C17H17BrClN3O2. The quantitative estimate of drug-likeness (QED) is 0.817. The molecule has 1 aromatic carbocycles. The lowest BCUT2D eigenvalue weighted by atomic mass is 10.2. The number of ether oxygens (including phenoxy) is 1. The molecule has 126 valence electrons. The summed E-state index contributed by atoms with van der Waals surface area (Å²) in [4.78, 5) is 17.7. The van der Waals surface area contributed by atoms with E-state index in [1.807, 2.05) is 24.3 Å². The number of primary amides is 1. The van der Waals surface area contributed by atoms with Crippen LogP contribution in [0.1, 0.15) is 23.3 Å². The topological polar surface area (TPSA) is 68.5 Å². The molecule has 7 heteroatoms. The van der Waals surface area contributed by atoms with Crippen molar-refractivity contribution in [2.45, 2.75) is 18.9 Å². The Morgan fingerprint density at radius 1 is 1.42 bits per heavy atom. The number of amides is 1. The second-order valence-corrected chi connectivity index (χ2v) is 6.93. The first kappa shape index (κ1) is 17.0. The van der Waals surface area contributed by atoms with E-state index in [2.05, 4.69) is 25.8 Å². The van der Waals surface area contributed by atoms with Crippen LogP contribution < -0.4 is 15.4 Å². The van der Waals surface area contributed by atoms with Gasteiger partial charge in [-0.1, -0.05) is 11.6 Å². The molecule has 2 heterocycles. The van der Waals surface area contributed by atoms with Crippen molar-refractivity contribution in [2.24, 2.45) is 5.73 Å². The minimum atomic E-state index is -0.531. The molecule has 1 atom stereocenters. The van der Waals surface area contributed by atoms with Crippen molar-refractivity contribution >= 4 is 39.1 Å². The molecule has 1 aromatic heterocycles. The Morgan fingerprint density at radius 3 is 2.88 bits per heavy atom. The van der Waals surface area contributed by atoms with Crippen molar-refractivity contribution in [3.05, 3.63) is 51.7 Å². The van der Waals surface area contributed by atoms with Gasteiger partial charge >= 0.3 is 0 Å². The van der Waals surface area contributed by atoms with Crippen LogP contribution in [0.25, 0.3) is 0 Å².